The van der Waals surface area contributed by atoms with Crippen molar-refractivity contribution < 1.29 is 9.53 Å². The van der Waals surface area contributed by atoms with Gasteiger partial charge in [0.25, 0.3) is 0 Å². The van der Waals surface area contributed by atoms with Crippen LogP contribution in [0.3, 0.4) is 0 Å². The summed E-state index contributed by atoms with van der Waals surface area (Å²) in [6.07, 6.45) is 0. The summed E-state index contributed by atoms with van der Waals surface area (Å²) in [6, 6.07) is 7.52. The summed E-state index contributed by atoms with van der Waals surface area (Å²) < 4.78 is 5.04. The van der Waals surface area contributed by atoms with Crippen molar-refractivity contribution in [3.8, 4) is 5.75 Å². The van der Waals surface area contributed by atoms with Crippen molar-refractivity contribution in [2.45, 2.75) is 13.0 Å². The maximum absolute atomic E-state index is 11.1. The van der Waals surface area contributed by atoms with E-state index < -0.39 is 0 Å². The minimum Gasteiger partial charge on any atom is -0.497 e. The second-order valence-corrected chi connectivity index (χ2v) is 3.27. The van der Waals surface area contributed by atoms with E-state index in [0.29, 0.717) is 0 Å². The lowest BCUT2D eigenvalue weighted by atomic mass is 10.1. The quantitative estimate of drug-likeness (QED) is 0.770. The number of carbonyl (C=O) groups excluding carboxylic acids is 1. The third kappa shape index (κ3) is 3.25. The normalized spacial score (nSPS) is 11.9. The topological polar surface area (TPSA) is 64.3 Å². The molecule has 1 aromatic carbocycles. The van der Waals surface area contributed by atoms with Gasteiger partial charge in [0.1, 0.15) is 5.75 Å². The van der Waals surface area contributed by atoms with Gasteiger partial charge in [-0.25, -0.2) is 0 Å². The number of hydrogen-bond donors (Lipinski definition) is 2. The van der Waals surface area contributed by atoms with Crippen molar-refractivity contribution in [1.82, 2.24) is 5.32 Å². The summed E-state index contributed by atoms with van der Waals surface area (Å²) in [6.45, 7) is 1.93. The van der Waals surface area contributed by atoms with Crippen LogP contribution in [0.4, 0.5) is 0 Å². The summed E-state index contributed by atoms with van der Waals surface area (Å²) in [5.41, 5.74) is 6.24. The standard InChI is InChI=1S/C11H16N2O2/c1-8(13-11(14)7-12)9-3-5-10(15-2)6-4-9/h3-6,8H,7,12H2,1-2H3,(H,13,14)/t8-/m0/s1. The van der Waals surface area contributed by atoms with E-state index in [1.165, 1.54) is 0 Å². The van der Waals surface area contributed by atoms with Gasteiger partial charge in [0.05, 0.1) is 19.7 Å². The molecule has 0 aliphatic heterocycles. The highest BCUT2D eigenvalue weighted by Crippen LogP contribution is 2.16. The van der Waals surface area contributed by atoms with Crippen molar-refractivity contribution >= 4 is 5.91 Å². The van der Waals surface area contributed by atoms with Gasteiger partial charge in [0.2, 0.25) is 5.91 Å². The predicted octanol–water partition coefficient (Wildman–Crippen LogP) is 0.831. The van der Waals surface area contributed by atoms with Gasteiger partial charge >= 0.3 is 0 Å². The molecule has 0 aliphatic rings. The van der Waals surface area contributed by atoms with Crippen LogP contribution in [0.2, 0.25) is 0 Å². The van der Waals surface area contributed by atoms with Crippen LogP contribution in [0, 0.1) is 0 Å². The molecule has 82 valence electrons. The number of ether oxygens (including phenoxy) is 1. The van der Waals surface area contributed by atoms with Crippen molar-refractivity contribution in [3.05, 3.63) is 29.8 Å². The monoisotopic (exact) mass is 208 g/mol. The molecule has 4 heteroatoms. The largest absolute Gasteiger partial charge is 0.497 e. The zero-order chi connectivity index (χ0) is 11.3. The van der Waals surface area contributed by atoms with Crippen LogP contribution in [0.25, 0.3) is 0 Å². The molecule has 4 nitrogen and oxygen atoms in total. The molecule has 3 N–H and O–H groups in total. The third-order valence-electron chi connectivity index (χ3n) is 2.18. The molecule has 1 aromatic rings. The first-order valence-corrected chi connectivity index (χ1v) is 4.80. The number of nitrogens with two attached hydrogens (primary N) is 1. The van der Waals surface area contributed by atoms with E-state index in [4.69, 9.17) is 10.5 Å². The van der Waals surface area contributed by atoms with Crippen molar-refractivity contribution in [2.24, 2.45) is 5.73 Å². The molecule has 0 saturated carbocycles. The summed E-state index contributed by atoms with van der Waals surface area (Å²) >= 11 is 0. The van der Waals surface area contributed by atoms with Gasteiger partial charge in [0.15, 0.2) is 0 Å². The Morgan fingerprint density at radius 1 is 1.47 bits per heavy atom. The molecule has 0 saturated heterocycles. The summed E-state index contributed by atoms with van der Waals surface area (Å²) in [7, 11) is 1.62. The summed E-state index contributed by atoms with van der Waals surface area (Å²) in [5, 5.41) is 2.78. The maximum atomic E-state index is 11.1. The van der Waals surface area contributed by atoms with Crippen molar-refractivity contribution in [1.29, 1.82) is 0 Å². The molecule has 1 rings (SSSR count). The summed E-state index contributed by atoms with van der Waals surface area (Å²) in [5.74, 6) is 0.648. The molecule has 0 spiro atoms. The number of nitrogens with one attached hydrogen (secondary N) is 1. The molecule has 0 bridgehead atoms. The number of carbonyl (C=O) groups is 1. The zero-order valence-electron chi connectivity index (χ0n) is 8.99. The molecule has 0 fully saturated rings. The molecule has 0 aromatic heterocycles. The van der Waals surface area contributed by atoms with Crippen LogP contribution < -0.4 is 15.8 Å². The van der Waals surface area contributed by atoms with Crippen LogP contribution in [-0.4, -0.2) is 19.6 Å². The fourth-order valence-electron chi connectivity index (χ4n) is 1.28. The van der Waals surface area contributed by atoms with Crippen LogP contribution in [0.15, 0.2) is 24.3 Å². The molecule has 0 radical (unpaired) electrons. The van der Waals surface area contributed by atoms with Crippen LogP contribution in [0.5, 0.6) is 5.75 Å². The van der Waals surface area contributed by atoms with Gasteiger partial charge in [-0.2, -0.15) is 0 Å². The van der Waals surface area contributed by atoms with Gasteiger partial charge in [-0.3, -0.25) is 4.79 Å². The lowest BCUT2D eigenvalue weighted by molar-refractivity contribution is -0.120. The van der Waals surface area contributed by atoms with Crippen LogP contribution in [0.1, 0.15) is 18.5 Å². The number of hydrogen-bond acceptors (Lipinski definition) is 3. The highest BCUT2D eigenvalue weighted by molar-refractivity contribution is 5.78. The Hall–Kier alpha value is -1.55. The molecular weight excluding hydrogens is 192 g/mol. The minimum atomic E-state index is -0.154. The van der Waals surface area contributed by atoms with E-state index in [1.807, 2.05) is 31.2 Å². The van der Waals surface area contributed by atoms with Gasteiger partial charge in [-0.15, -0.1) is 0 Å². The predicted molar refractivity (Wildman–Crippen MR) is 58.6 cm³/mol. The number of amides is 1. The van der Waals surface area contributed by atoms with Gasteiger partial charge in [0, 0.05) is 0 Å². The first-order valence-electron chi connectivity index (χ1n) is 4.80. The molecule has 0 heterocycles. The lowest BCUT2D eigenvalue weighted by Gasteiger charge is -2.13. The van der Waals surface area contributed by atoms with Crippen LogP contribution in [-0.2, 0) is 4.79 Å². The Morgan fingerprint density at radius 3 is 2.53 bits per heavy atom. The lowest BCUT2D eigenvalue weighted by Crippen LogP contribution is -2.32. The van der Waals surface area contributed by atoms with E-state index in [2.05, 4.69) is 5.32 Å². The first kappa shape index (κ1) is 11.5. The second-order valence-electron chi connectivity index (χ2n) is 3.27. The molecule has 0 unspecified atom stereocenters. The molecule has 1 atom stereocenters. The Labute approximate surface area is 89.4 Å². The average Bonchev–Trinajstić information content (AvgIpc) is 2.29. The molecular formula is C11H16N2O2. The second kappa shape index (κ2) is 5.36. The van der Waals surface area contributed by atoms with Gasteiger partial charge in [-0.1, -0.05) is 12.1 Å². The molecule has 1 amide bonds. The highest BCUT2D eigenvalue weighted by Gasteiger charge is 2.07. The maximum Gasteiger partial charge on any atom is 0.234 e. The van der Waals surface area contributed by atoms with Crippen LogP contribution >= 0.6 is 0 Å². The Morgan fingerprint density at radius 2 is 2.07 bits per heavy atom. The number of rotatable bonds is 4. The highest BCUT2D eigenvalue weighted by atomic mass is 16.5. The SMILES string of the molecule is COc1ccc([C@H](C)NC(=O)CN)cc1. The fraction of sp³-hybridized carbons (Fsp3) is 0.364. The number of methoxy groups -OCH3 is 1. The minimum absolute atomic E-state index is 0.0144. The Bertz CT molecular complexity index is 322. The Balaban J connectivity index is 2.65. The van der Waals surface area contributed by atoms with Gasteiger partial charge < -0.3 is 15.8 Å². The fourth-order valence-corrected chi connectivity index (χ4v) is 1.28. The number of benzene rings is 1. The van der Waals surface area contributed by atoms with E-state index in [9.17, 15) is 4.79 Å². The van der Waals surface area contributed by atoms with Crippen molar-refractivity contribution in [3.63, 3.8) is 0 Å². The molecule has 15 heavy (non-hydrogen) atoms. The average molecular weight is 208 g/mol. The zero-order valence-corrected chi connectivity index (χ0v) is 8.99. The Kier molecular flexibility index (Phi) is 4.12. The first-order chi connectivity index (χ1) is 7.17. The molecule has 0 aliphatic carbocycles. The van der Waals surface area contributed by atoms with E-state index >= 15 is 0 Å². The van der Waals surface area contributed by atoms with E-state index in [0.717, 1.165) is 11.3 Å². The van der Waals surface area contributed by atoms with Gasteiger partial charge in [-0.05, 0) is 24.6 Å². The van der Waals surface area contributed by atoms with E-state index in [-0.39, 0.29) is 18.5 Å². The van der Waals surface area contributed by atoms with Crippen molar-refractivity contribution in [2.75, 3.05) is 13.7 Å². The third-order valence-corrected chi connectivity index (χ3v) is 2.18. The van der Waals surface area contributed by atoms with E-state index in [1.54, 1.807) is 7.11 Å². The smallest absolute Gasteiger partial charge is 0.234 e. The summed E-state index contributed by atoms with van der Waals surface area (Å²) in [4.78, 5) is 11.1.